The molecule has 1 N–H and O–H groups in total. The van der Waals surface area contributed by atoms with E-state index < -0.39 is 0 Å². The number of nitrogens with one attached hydrogen (secondary N) is 1. The fourth-order valence-corrected chi connectivity index (χ4v) is 4.97. The van der Waals surface area contributed by atoms with Crippen molar-refractivity contribution < 1.29 is 9.53 Å². The zero-order chi connectivity index (χ0) is 19.8. The minimum Gasteiger partial charge on any atom is -0.493 e. The first-order valence-corrected chi connectivity index (χ1v) is 10.8. The van der Waals surface area contributed by atoms with E-state index in [-0.39, 0.29) is 5.91 Å². The second-order valence-corrected chi connectivity index (χ2v) is 8.65. The van der Waals surface area contributed by atoms with Gasteiger partial charge in [0, 0.05) is 36.0 Å². The van der Waals surface area contributed by atoms with Crippen molar-refractivity contribution in [3.05, 3.63) is 75.8 Å². The third-order valence-corrected chi connectivity index (χ3v) is 6.84. The third-order valence-electron chi connectivity index (χ3n) is 5.76. The number of aromatic nitrogens is 1. The van der Waals surface area contributed by atoms with Crippen LogP contribution in [0.1, 0.15) is 45.0 Å². The Morgan fingerprint density at radius 2 is 2.07 bits per heavy atom. The van der Waals surface area contributed by atoms with Crippen LogP contribution in [0.15, 0.2) is 48.5 Å². The molecule has 1 aromatic heterocycles. The number of anilines is 1. The Balaban J connectivity index is 1.29. The van der Waals surface area contributed by atoms with Gasteiger partial charge in [-0.05, 0) is 42.7 Å². The summed E-state index contributed by atoms with van der Waals surface area (Å²) in [6.07, 6.45) is 1.97. The van der Waals surface area contributed by atoms with Crippen LogP contribution in [0.25, 0.3) is 0 Å². The van der Waals surface area contributed by atoms with Gasteiger partial charge in [-0.3, -0.25) is 15.0 Å². The van der Waals surface area contributed by atoms with Gasteiger partial charge in [-0.15, -0.1) is 11.3 Å². The molecule has 1 atom stereocenters. The molecule has 6 heteroatoms. The molecule has 0 radical (unpaired) electrons. The first-order chi connectivity index (χ1) is 14.2. The minimum absolute atomic E-state index is 0.111. The molecule has 0 aliphatic carbocycles. The number of carbonyl (C=O) groups is 1. The van der Waals surface area contributed by atoms with Crippen LogP contribution in [-0.4, -0.2) is 28.9 Å². The van der Waals surface area contributed by atoms with Crippen LogP contribution in [0.4, 0.5) is 5.13 Å². The lowest BCUT2D eigenvalue weighted by Crippen LogP contribution is -2.32. The number of thiazole rings is 1. The summed E-state index contributed by atoms with van der Waals surface area (Å²) in [7, 11) is 0. The lowest BCUT2D eigenvalue weighted by molar-refractivity contribution is 0.102. The van der Waals surface area contributed by atoms with Crippen molar-refractivity contribution in [2.24, 2.45) is 0 Å². The maximum Gasteiger partial charge on any atom is 0.257 e. The van der Waals surface area contributed by atoms with E-state index in [4.69, 9.17) is 9.72 Å². The summed E-state index contributed by atoms with van der Waals surface area (Å²) in [5.41, 5.74) is 4.31. The van der Waals surface area contributed by atoms with E-state index in [1.54, 1.807) is 11.3 Å². The summed E-state index contributed by atoms with van der Waals surface area (Å²) >= 11 is 1.59. The number of nitrogens with zero attached hydrogens (tertiary/aromatic N) is 2. The van der Waals surface area contributed by atoms with Gasteiger partial charge in [-0.25, -0.2) is 4.98 Å². The summed E-state index contributed by atoms with van der Waals surface area (Å²) in [5.74, 6) is 0.923. The van der Waals surface area contributed by atoms with E-state index in [0.29, 0.717) is 16.7 Å². The first kappa shape index (κ1) is 18.3. The third kappa shape index (κ3) is 3.66. The molecule has 2 aliphatic rings. The van der Waals surface area contributed by atoms with Crippen LogP contribution in [0.5, 0.6) is 5.75 Å². The molecular formula is C23H23N3O2S. The highest BCUT2D eigenvalue weighted by molar-refractivity contribution is 7.15. The molecule has 0 saturated carbocycles. The molecule has 0 spiro atoms. The molecule has 3 heterocycles. The number of hydrogen-bond acceptors (Lipinski definition) is 5. The van der Waals surface area contributed by atoms with Crippen molar-refractivity contribution in [2.75, 3.05) is 18.5 Å². The molecule has 2 aliphatic heterocycles. The van der Waals surface area contributed by atoms with Gasteiger partial charge in [0.1, 0.15) is 5.75 Å². The molecule has 0 fully saturated rings. The second-order valence-electron chi connectivity index (χ2n) is 7.57. The molecule has 5 nitrogen and oxygen atoms in total. The van der Waals surface area contributed by atoms with E-state index in [2.05, 4.69) is 35.3 Å². The Labute approximate surface area is 174 Å². The van der Waals surface area contributed by atoms with Gasteiger partial charge in [-0.2, -0.15) is 0 Å². The molecule has 3 aromatic rings. The lowest BCUT2D eigenvalue weighted by Gasteiger charge is -2.32. The van der Waals surface area contributed by atoms with Crippen LogP contribution < -0.4 is 10.1 Å². The SMILES string of the molecule is CC(c1ccc2c(c1)OCC2)N1CCc2sc(NC(=O)c3ccccc3)nc2C1. The molecular weight excluding hydrogens is 382 g/mol. The Bertz CT molecular complexity index is 1050. The highest BCUT2D eigenvalue weighted by Crippen LogP contribution is 2.35. The number of amides is 1. The van der Waals surface area contributed by atoms with Crippen molar-refractivity contribution in [3.63, 3.8) is 0 Å². The van der Waals surface area contributed by atoms with Gasteiger partial charge in [0.15, 0.2) is 5.13 Å². The second kappa shape index (κ2) is 7.61. The van der Waals surface area contributed by atoms with E-state index in [1.165, 1.54) is 16.0 Å². The van der Waals surface area contributed by atoms with Gasteiger partial charge in [0.25, 0.3) is 5.91 Å². The normalized spacial score (nSPS) is 16.6. The number of ether oxygens (including phenoxy) is 1. The van der Waals surface area contributed by atoms with Gasteiger partial charge in [0.05, 0.1) is 12.3 Å². The van der Waals surface area contributed by atoms with Crippen molar-refractivity contribution in [1.82, 2.24) is 9.88 Å². The maximum atomic E-state index is 12.4. The maximum absolute atomic E-state index is 12.4. The van der Waals surface area contributed by atoms with E-state index in [0.717, 1.165) is 44.0 Å². The number of benzene rings is 2. The largest absolute Gasteiger partial charge is 0.493 e. The Kier molecular flexibility index (Phi) is 4.81. The zero-order valence-corrected chi connectivity index (χ0v) is 17.2. The highest BCUT2D eigenvalue weighted by atomic mass is 32.1. The molecule has 2 aromatic carbocycles. The minimum atomic E-state index is -0.111. The highest BCUT2D eigenvalue weighted by Gasteiger charge is 2.26. The Morgan fingerprint density at radius 1 is 1.21 bits per heavy atom. The van der Waals surface area contributed by atoms with Gasteiger partial charge in [-0.1, -0.05) is 30.3 Å². The zero-order valence-electron chi connectivity index (χ0n) is 16.4. The molecule has 1 amide bonds. The fourth-order valence-electron chi connectivity index (χ4n) is 4.02. The lowest BCUT2D eigenvalue weighted by atomic mass is 10.0. The van der Waals surface area contributed by atoms with Crippen LogP contribution in [0.3, 0.4) is 0 Å². The average molecular weight is 406 g/mol. The molecule has 0 bridgehead atoms. The molecule has 0 saturated heterocycles. The summed E-state index contributed by atoms with van der Waals surface area (Å²) < 4.78 is 5.74. The smallest absolute Gasteiger partial charge is 0.257 e. The van der Waals surface area contributed by atoms with Crippen LogP contribution in [0.2, 0.25) is 0 Å². The van der Waals surface area contributed by atoms with Gasteiger partial charge < -0.3 is 4.74 Å². The quantitative estimate of drug-likeness (QED) is 0.697. The van der Waals surface area contributed by atoms with E-state index in [1.807, 2.05) is 30.3 Å². The summed E-state index contributed by atoms with van der Waals surface area (Å²) in [5, 5.41) is 3.64. The predicted molar refractivity (Wildman–Crippen MR) is 115 cm³/mol. The van der Waals surface area contributed by atoms with Crippen molar-refractivity contribution in [3.8, 4) is 5.75 Å². The van der Waals surface area contributed by atoms with Crippen molar-refractivity contribution in [2.45, 2.75) is 32.4 Å². The van der Waals surface area contributed by atoms with Gasteiger partial charge >= 0.3 is 0 Å². The van der Waals surface area contributed by atoms with Crippen molar-refractivity contribution >= 4 is 22.4 Å². The number of hydrogen-bond donors (Lipinski definition) is 1. The Hall–Kier alpha value is -2.70. The van der Waals surface area contributed by atoms with Crippen LogP contribution >= 0.6 is 11.3 Å². The summed E-state index contributed by atoms with van der Waals surface area (Å²) in [6.45, 7) is 4.81. The van der Waals surface area contributed by atoms with Crippen LogP contribution in [0, 0.1) is 0 Å². The standard InChI is InChI=1S/C23H23N3O2S/c1-15(18-8-7-16-10-12-28-20(16)13-18)26-11-9-21-19(14-26)24-23(29-21)25-22(27)17-5-3-2-4-6-17/h2-8,13,15H,9-12,14H2,1H3,(H,24,25,27). The average Bonchev–Trinajstić information content (AvgIpc) is 3.38. The molecule has 29 heavy (non-hydrogen) atoms. The molecule has 5 rings (SSSR count). The summed E-state index contributed by atoms with van der Waals surface area (Å²) in [6, 6.07) is 16.2. The summed E-state index contributed by atoms with van der Waals surface area (Å²) in [4.78, 5) is 20.8. The van der Waals surface area contributed by atoms with Crippen molar-refractivity contribution in [1.29, 1.82) is 0 Å². The number of fused-ring (bicyclic) bond motifs is 2. The Morgan fingerprint density at radius 3 is 2.93 bits per heavy atom. The monoisotopic (exact) mass is 405 g/mol. The van der Waals surface area contributed by atoms with Crippen LogP contribution in [-0.2, 0) is 19.4 Å². The fraction of sp³-hybridized carbons (Fsp3) is 0.304. The first-order valence-electron chi connectivity index (χ1n) is 10.0. The van der Waals surface area contributed by atoms with Gasteiger partial charge in [0.2, 0.25) is 0 Å². The molecule has 1 unspecified atom stereocenters. The number of rotatable bonds is 4. The predicted octanol–water partition coefficient (Wildman–Crippen LogP) is 4.45. The van der Waals surface area contributed by atoms with E-state index in [9.17, 15) is 4.79 Å². The van der Waals surface area contributed by atoms with E-state index >= 15 is 0 Å². The number of carbonyl (C=O) groups excluding carboxylic acids is 1. The topological polar surface area (TPSA) is 54.5 Å². The molecule has 148 valence electrons.